The van der Waals surface area contributed by atoms with E-state index in [4.69, 9.17) is 4.74 Å². The number of rotatable bonds is 8. The molecule has 0 bridgehead atoms. The highest BCUT2D eigenvalue weighted by atomic mass is 16.5. The summed E-state index contributed by atoms with van der Waals surface area (Å²) in [4.78, 5) is 5.33. The predicted molar refractivity (Wildman–Crippen MR) is 86.7 cm³/mol. The standard InChI is InChI=1S/C17H33N3O/c1-3-20(4-2)16-7-9-19(11-16)13-17(8-10-21-14-17)12-18-15-5-6-15/h15-16,18H,3-14H2,1-2H3. The van der Waals surface area contributed by atoms with Crippen LogP contribution in [0.15, 0.2) is 0 Å². The van der Waals surface area contributed by atoms with Gasteiger partial charge in [0.15, 0.2) is 0 Å². The van der Waals surface area contributed by atoms with E-state index >= 15 is 0 Å². The molecule has 0 amide bonds. The van der Waals surface area contributed by atoms with Crippen molar-refractivity contribution in [2.45, 2.75) is 51.6 Å². The second-order valence-electron chi connectivity index (χ2n) is 7.36. The molecule has 3 rings (SSSR count). The van der Waals surface area contributed by atoms with Crippen molar-refractivity contribution in [3.05, 3.63) is 0 Å². The van der Waals surface area contributed by atoms with Gasteiger partial charge in [0.2, 0.25) is 0 Å². The molecule has 0 radical (unpaired) electrons. The van der Waals surface area contributed by atoms with E-state index in [1.54, 1.807) is 0 Å². The molecular formula is C17H33N3O. The van der Waals surface area contributed by atoms with Gasteiger partial charge in [-0.1, -0.05) is 13.8 Å². The van der Waals surface area contributed by atoms with Crippen LogP contribution in [-0.2, 0) is 4.74 Å². The van der Waals surface area contributed by atoms with Crippen molar-refractivity contribution >= 4 is 0 Å². The van der Waals surface area contributed by atoms with Crippen molar-refractivity contribution in [3.63, 3.8) is 0 Å². The van der Waals surface area contributed by atoms with Crippen LogP contribution in [0.25, 0.3) is 0 Å². The number of nitrogens with one attached hydrogen (secondary N) is 1. The van der Waals surface area contributed by atoms with E-state index in [-0.39, 0.29) is 0 Å². The highest BCUT2D eigenvalue weighted by Gasteiger charge is 2.39. The van der Waals surface area contributed by atoms with E-state index in [1.165, 1.54) is 58.4 Å². The number of likely N-dealkylation sites (tertiary alicyclic amines) is 1. The van der Waals surface area contributed by atoms with Crippen LogP contribution in [0.2, 0.25) is 0 Å². The Balaban J connectivity index is 1.51. The summed E-state index contributed by atoms with van der Waals surface area (Å²) in [6.45, 7) is 13.8. The molecule has 0 aromatic carbocycles. The first kappa shape index (κ1) is 15.7. The largest absolute Gasteiger partial charge is 0.381 e. The first-order valence-corrected chi connectivity index (χ1v) is 9.02. The summed E-state index contributed by atoms with van der Waals surface area (Å²) in [5.74, 6) is 0. The minimum absolute atomic E-state index is 0.376. The Labute approximate surface area is 130 Å². The Hall–Kier alpha value is -0.160. The summed E-state index contributed by atoms with van der Waals surface area (Å²) in [6.07, 6.45) is 5.34. The molecule has 1 aliphatic carbocycles. The second kappa shape index (κ2) is 6.95. The fraction of sp³-hybridized carbons (Fsp3) is 1.00. The zero-order chi connectivity index (χ0) is 14.7. The van der Waals surface area contributed by atoms with Gasteiger partial charge < -0.3 is 15.0 Å². The van der Waals surface area contributed by atoms with Gasteiger partial charge >= 0.3 is 0 Å². The Kier molecular flexibility index (Phi) is 5.20. The normalized spacial score (nSPS) is 34.1. The van der Waals surface area contributed by atoms with Crippen LogP contribution in [-0.4, -0.2) is 74.4 Å². The molecule has 1 saturated carbocycles. The van der Waals surface area contributed by atoms with Gasteiger partial charge in [-0.15, -0.1) is 0 Å². The quantitative estimate of drug-likeness (QED) is 0.735. The maximum atomic E-state index is 5.76. The molecule has 2 unspecified atom stereocenters. The molecular weight excluding hydrogens is 262 g/mol. The van der Waals surface area contributed by atoms with Gasteiger partial charge in [0.25, 0.3) is 0 Å². The second-order valence-corrected chi connectivity index (χ2v) is 7.36. The molecule has 0 aromatic heterocycles. The minimum Gasteiger partial charge on any atom is -0.381 e. The van der Waals surface area contributed by atoms with Crippen molar-refractivity contribution in [1.82, 2.24) is 15.1 Å². The monoisotopic (exact) mass is 295 g/mol. The molecule has 1 N–H and O–H groups in total. The highest BCUT2D eigenvalue weighted by Crippen LogP contribution is 2.32. The van der Waals surface area contributed by atoms with Gasteiger partial charge in [-0.05, 0) is 45.3 Å². The van der Waals surface area contributed by atoms with Gasteiger partial charge in [0.1, 0.15) is 0 Å². The summed E-state index contributed by atoms with van der Waals surface area (Å²) < 4.78 is 5.76. The van der Waals surface area contributed by atoms with Crippen molar-refractivity contribution < 1.29 is 4.74 Å². The van der Waals surface area contributed by atoms with Crippen LogP contribution in [0.4, 0.5) is 0 Å². The van der Waals surface area contributed by atoms with Gasteiger partial charge in [-0.2, -0.15) is 0 Å². The number of hydrogen-bond donors (Lipinski definition) is 1. The summed E-state index contributed by atoms with van der Waals surface area (Å²) in [5.41, 5.74) is 0.376. The zero-order valence-electron chi connectivity index (χ0n) is 13.9. The zero-order valence-corrected chi connectivity index (χ0v) is 13.9. The Bertz CT molecular complexity index is 322. The van der Waals surface area contributed by atoms with E-state index < -0.39 is 0 Å². The van der Waals surface area contributed by atoms with Crippen LogP contribution in [0.1, 0.15) is 39.5 Å². The topological polar surface area (TPSA) is 27.7 Å². The fourth-order valence-corrected chi connectivity index (χ4v) is 4.09. The van der Waals surface area contributed by atoms with E-state index in [0.29, 0.717) is 5.41 Å². The molecule has 4 nitrogen and oxygen atoms in total. The number of nitrogens with zero attached hydrogens (tertiary/aromatic N) is 2. The summed E-state index contributed by atoms with van der Waals surface area (Å²) in [5, 5.41) is 3.75. The van der Waals surface area contributed by atoms with E-state index in [9.17, 15) is 0 Å². The Morgan fingerprint density at radius 1 is 1.24 bits per heavy atom. The summed E-state index contributed by atoms with van der Waals surface area (Å²) in [6, 6.07) is 1.58. The number of ether oxygens (including phenoxy) is 1. The molecule has 2 aliphatic heterocycles. The van der Waals surface area contributed by atoms with Crippen molar-refractivity contribution in [2.24, 2.45) is 5.41 Å². The molecule has 2 saturated heterocycles. The first-order chi connectivity index (χ1) is 10.2. The summed E-state index contributed by atoms with van der Waals surface area (Å²) >= 11 is 0. The third-order valence-electron chi connectivity index (χ3n) is 5.66. The smallest absolute Gasteiger partial charge is 0.0547 e. The third kappa shape index (κ3) is 3.98. The highest BCUT2D eigenvalue weighted by molar-refractivity contribution is 4.94. The average Bonchev–Trinajstić information content (AvgIpc) is 3.04. The van der Waals surface area contributed by atoms with Crippen LogP contribution in [0.3, 0.4) is 0 Å². The van der Waals surface area contributed by atoms with E-state index in [2.05, 4.69) is 29.0 Å². The lowest BCUT2D eigenvalue weighted by Gasteiger charge is -2.33. The molecule has 3 fully saturated rings. The van der Waals surface area contributed by atoms with Crippen molar-refractivity contribution in [2.75, 3.05) is 52.5 Å². The van der Waals surface area contributed by atoms with Crippen molar-refractivity contribution in [3.8, 4) is 0 Å². The third-order valence-corrected chi connectivity index (χ3v) is 5.66. The lowest BCUT2D eigenvalue weighted by Crippen LogP contribution is -2.45. The fourth-order valence-electron chi connectivity index (χ4n) is 4.09. The van der Waals surface area contributed by atoms with E-state index in [1.807, 2.05) is 0 Å². The molecule has 4 heteroatoms. The molecule has 2 heterocycles. The molecule has 3 aliphatic rings. The van der Waals surface area contributed by atoms with E-state index in [0.717, 1.165) is 31.8 Å². The number of hydrogen-bond acceptors (Lipinski definition) is 4. The number of likely N-dealkylation sites (N-methyl/N-ethyl adjacent to an activating group) is 1. The minimum atomic E-state index is 0.376. The van der Waals surface area contributed by atoms with Gasteiger partial charge in [-0.3, -0.25) is 4.90 Å². The van der Waals surface area contributed by atoms with Crippen LogP contribution in [0.5, 0.6) is 0 Å². The molecule has 2 atom stereocenters. The summed E-state index contributed by atoms with van der Waals surface area (Å²) in [7, 11) is 0. The average molecular weight is 295 g/mol. The lowest BCUT2D eigenvalue weighted by atomic mass is 9.86. The molecule has 122 valence electrons. The predicted octanol–water partition coefficient (Wildman–Crippen LogP) is 1.56. The van der Waals surface area contributed by atoms with Crippen molar-refractivity contribution in [1.29, 1.82) is 0 Å². The maximum absolute atomic E-state index is 5.76. The van der Waals surface area contributed by atoms with Gasteiger partial charge in [-0.25, -0.2) is 0 Å². The molecule has 0 spiro atoms. The first-order valence-electron chi connectivity index (χ1n) is 9.02. The van der Waals surface area contributed by atoms with Gasteiger partial charge in [0.05, 0.1) is 6.61 Å². The SMILES string of the molecule is CCN(CC)C1CCN(CC2(CNC3CC3)CCOC2)C1. The van der Waals surface area contributed by atoms with Crippen LogP contribution < -0.4 is 5.32 Å². The Morgan fingerprint density at radius 3 is 2.67 bits per heavy atom. The maximum Gasteiger partial charge on any atom is 0.0547 e. The molecule has 0 aromatic rings. The van der Waals surface area contributed by atoms with Gasteiger partial charge in [0, 0.05) is 43.7 Å². The Morgan fingerprint density at radius 2 is 2.05 bits per heavy atom. The van der Waals surface area contributed by atoms with Crippen LogP contribution >= 0.6 is 0 Å². The van der Waals surface area contributed by atoms with Crippen LogP contribution in [0, 0.1) is 5.41 Å². The lowest BCUT2D eigenvalue weighted by molar-refractivity contribution is 0.113. The molecule has 21 heavy (non-hydrogen) atoms.